The molecule has 0 amide bonds. The number of para-hydroxylation sites is 2. The van der Waals surface area contributed by atoms with E-state index in [2.05, 4.69) is 45.2 Å². The highest BCUT2D eigenvalue weighted by Gasteiger charge is 2.21. The molecule has 0 bridgehead atoms. The second-order valence-electron chi connectivity index (χ2n) is 7.57. The number of hydrogen-bond donors (Lipinski definition) is 1. The van der Waals surface area contributed by atoms with E-state index in [4.69, 9.17) is 4.98 Å². The van der Waals surface area contributed by atoms with Crippen molar-refractivity contribution < 1.29 is 0 Å². The first-order chi connectivity index (χ1) is 12.7. The molecule has 5 heteroatoms. The van der Waals surface area contributed by atoms with Gasteiger partial charge in [-0.2, -0.15) is 0 Å². The van der Waals surface area contributed by atoms with Gasteiger partial charge in [0.2, 0.25) is 0 Å². The Hall–Kier alpha value is -2.40. The normalized spacial score (nSPS) is 18.3. The fourth-order valence-corrected chi connectivity index (χ4v) is 3.87. The lowest BCUT2D eigenvalue weighted by molar-refractivity contribution is 0.166. The minimum Gasteiger partial charge on any atom is -0.363 e. The van der Waals surface area contributed by atoms with Crippen molar-refractivity contribution in [2.24, 2.45) is 5.92 Å². The SMILES string of the molecule is CN(C)c1ccc(CN2CCC[C@H](Cc3nc4ccccc4[nH]3)C2)cn1. The van der Waals surface area contributed by atoms with E-state index in [0.29, 0.717) is 5.92 Å². The Labute approximate surface area is 155 Å². The largest absolute Gasteiger partial charge is 0.363 e. The molecule has 0 saturated carbocycles. The number of rotatable bonds is 5. The lowest BCUT2D eigenvalue weighted by atomic mass is 9.94. The van der Waals surface area contributed by atoms with E-state index < -0.39 is 0 Å². The number of benzene rings is 1. The van der Waals surface area contributed by atoms with Crippen LogP contribution in [-0.4, -0.2) is 47.0 Å². The Morgan fingerprint density at radius 2 is 2.08 bits per heavy atom. The number of nitrogens with zero attached hydrogens (tertiary/aromatic N) is 4. The van der Waals surface area contributed by atoms with Gasteiger partial charge in [0.1, 0.15) is 11.6 Å². The summed E-state index contributed by atoms with van der Waals surface area (Å²) in [7, 11) is 4.05. The molecule has 0 aliphatic carbocycles. The molecule has 5 nitrogen and oxygen atoms in total. The smallest absolute Gasteiger partial charge is 0.127 e. The zero-order valence-electron chi connectivity index (χ0n) is 15.7. The van der Waals surface area contributed by atoms with E-state index >= 15 is 0 Å². The van der Waals surface area contributed by atoms with E-state index in [1.54, 1.807) is 0 Å². The van der Waals surface area contributed by atoms with Crippen molar-refractivity contribution >= 4 is 16.9 Å². The van der Waals surface area contributed by atoms with Gasteiger partial charge in [-0.1, -0.05) is 18.2 Å². The topological polar surface area (TPSA) is 48.0 Å². The zero-order chi connectivity index (χ0) is 17.9. The van der Waals surface area contributed by atoms with Gasteiger partial charge in [0.05, 0.1) is 11.0 Å². The molecule has 2 aromatic heterocycles. The summed E-state index contributed by atoms with van der Waals surface area (Å²) in [6.07, 6.45) is 5.58. The van der Waals surface area contributed by atoms with Crippen LogP contribution in [0.25, 0.3) is 11.0 Å². The Bertz CT molecular complexity index is 819. The molecule has 1 atom stereocenters. The number of imidazole rings is 1. The number of aromatic nitrogens is 3. The third-order valence-electron chi connectivity index (χ3n) is 5.20. The van der Waals surface area contributed by atoms with Crippen LogP contribution in [0.5, 0.6) is 0 Å². The Morgan fingerprint density at radius 1 is 1.19 bits per heavy atom. The number of hydrogen-bond acceptors (Lipinski definition) is 4. The maximum Gasteiger partial charge on any atom is 0.127 e. The van der Waals surface area contributed by atoms with Gasteiger partial charge >= 0.3 is 0 Å². The maximum atomic E-state index is 4.75. The molecule has 1 aliphatic rings. The van der Waals surface area contributed by atoms with Crippen LogP contribution in [0, 0.1) is 5.92 Å². The monoisotopic (exact) mass is 349 g/mol. The Balaban J connectivity index is 1.37. The number of H-pyrrole nitrogens is 1. The minimum absolute atomic E-state index is 0.665. The first-order valence-corrected chi connectivity index (χ1v) is 9.45. The zero-order valence-corrected chi connectivity index (χ0v) is 15.7. The highest BCUT2D eigenvalue weighted by molar-refractivity contribution is 5.74. The van der Waals surface area contributed by atoms with Gasteiger partial charge in [-0.15, -0.1) is 0 Å². The van der Waals surface area contributed by atoms with E-state index in [-0.39, 0.29) is 0 Å². The third-order valence-corrected chi connectivity index (χ3v) is 5.20. The maximum absolute atomic E-state index is 4.75. The summed E-state index contributed by atoms with van der Waals surface area (Å²) in [6, 6.07) is 12.6. The van der Waals surface area contributed by atoms with Crippen molar-refractivity contribution in [3.8, 4) is 0 Å². The molecule has 1 saturated heterocycles. The highest BCUT2D eigenvalue weighted by atomic mass is 15.1. The van der Waals surface area contributed by atoms with Crippen LogP contribution in [0.2, 0.25) is 0 Å². The average Bonchev–Trinajstić information content (AvgIpc) is 3.04. The lowest BCUT2D eigenvalue weighted by Gasteiger charge is -2.32. The second kappa shape index (κ2) is 7.46. The molecule has 26 heavy (non-hydrogen) atoms. The molecule has 3 heterocycles. The summed E-state index contributed by atoms with van der Waals surface area (Å²) in [5, 5.41) is 0. The van der Waals surface area contributed by atoms with Crippen LogP contribution in [0.1, 0.15) is 24.2 Å². The molecule has 1 fully saturated rings. The fourth-order valence-electron chi connectivity index (χ4n) is 3.87. The predicted octanol–water partition coefficient (Wildman–Crippen LogP) is 3.48. The van der Waals surface area contributed by atoms with Gasteiger partial charge in [-0.05, 0) is 49.1 Å². The number of anilines is 1. The summed E-state index contributed by atoms with van der Waals surface area (Å²) < 4.78 is 0. The van der Waals surface area contributed by atoms with Gasteiger partial charge < -0.3 is 9.88 Å². The van der Waals surface area contributed by atoms with Crippen LogP contribution in [0.3, 0.4) is 0 Å². The van der Waals surface area contributed by atoms with Crippen molar-refractivity contribution in [2.45, 2.75) is 25.8 Å². The van der Waals surface area contributed by atoms with E-state index in [0.717, 1.165) is 42.2 Å². The first-order valence-electron chi connectivity index (χ1n) is 9.45. The Kier molecular flexibility index (Phi) is 4.89. The summed E-state index contributed by atoms with van der Waals surface area (Å²) in [6.45, 7) is 3.29. The predicted molar refractivity (Wildman–Crippen MR) is 106 cm³/mol. The highest BCUT2D eigenvalue weighted by Crippen LogP contribution is 2.23. The fraction of sp³-hybridized carbons (Fsp3) is 0.429. The molecule has 136 valence electrons. The van der Waals surface area contributed by atoms with Gasteiger partial charge in [0.15, 0.2) is 0 Å². The van der Waals surface area contributed by atoms with Gasteiger partial charge in [-0.25, -0.2) is 9.97 Å². The second-order valence-corrected chi connectivity index (χ2v) is 7.57. The molecular weight excluding hydrogens is 322 g/mol. The van der Waals surface area contributed by atoms with E-state index in [1.165, 1.54) is 24.9 Å². The molecule has 1 aromatic carbocycles. The van der Waals surface area contributed by atoms with Gasteiger partial charge in [0.25, 0.3) is 0 Å². The summed E-state index contributed by atoms with van der Waals surface area (Å²) >= 11 is 0. The minimum atomic E-state index is 0.665. The number of fused-ring (bicyclic) bond motifs is 1. The van der Waals surface area contributed by atoms with E-state index in [1.807, 2.05) is 31.3 Å². The lowest BCUT2D eigenvalue weighted by Crippen LogP contribution is -2.35. The van der Waals surface area contributed by atoms with Crippen molar-refractivity contribution in [1.82, 2.24) is 19.9 Å². The molecular formula is C21H27N5. The number of nitrogens with one attached hydrogen (secondary N) is 1. The van der Waals surface area contributed by atoms with Crippen LogP contribution < -0.4 is 4.90 Å². The molecule has 3 aromatic rings. The molecule has 0 unspecified atom stereocenters. The Morgan fingerprint density at radius 3 is 2.85 bits per heavy atom. The van der Waals surface area contributed by atoms with E-state index in [9.17, 15) is 0 Å². The van der Waals surface area contributed by atoms with Crippen molar-refractivity contribution in [1.29, 1.82) is 0 Å². The van der Waals surface area contributed by atoms with Crippen LogP contribution in [-0.2, 0) is 13.0 Å². The van der Waals surface area contributed by atoms with Gasteiger partial charge in [0, 0.05) is 39.8 Å². The first kappa shape index (κ1) is 17.0. The third kappa shape index (κ3) is 3.88. The number of pyridine rings is 1. The van der Waals surface area contributed by atoms with Crippen LogP contribution in [0.4, 0.5) is 5.82 Å². The van der Waals surface area contributed by atoms with Crippen molar-refractivity contribution in [3.05, 3.63) is 54.0 Å². The van der Waals surface area contributed by atoms with Crippen molar-refractivity contribution in [3.63, 3.8) is 0 Å². The molecule has 4 rings (SSSR count). The van der Waals surface area contributed by atoms with Crippen molar-refractivity contribution in [2.75, 3.05) is 32.1 Å². The number of aromatic amines is 1. The summed E-state index contributed by atoms with van der Waals surface area (Å²) in [5.74, 6) is 2.79. The quantitative estimate of drug-likeness (QED) is 0.766. The summed E-state index contributed by atoms with van der Waals surface area (Å²) in [4.78, 5) is 17.4. The summed E-state index contributed by atoms with van der Waals surface area (Å²) in [5.41, 5.74) is 3.50. The molecule has 1 aliphatic heterocycles. The molecule has 0 radical (unpaired) electrons. The average molecular weight is 349 g/mol. The van der Waals surface area contributed by atoms with Crippen LogP contribution >= 0.6 is 0 Å². The number of piperidine rings is 1. The van der Waals surface area contributed by atoms with Crippen LogP contribution in [0.15, 0.2) is 42.6 Å². The van der Waals surface area contributed by atoms with Gasteiger partial charge in [-0.3, -0.25) is 4.90 Å². The standard InChI is InChI=1S/C21H27N5/c1-25(2)21-10-9-17(13-22-21)15-26-11-5-6-16(14-26)12-20-23-18-7-3-4-8-19(18)24-20/h3-4,7-10,13,16H,5-6,11-12,14-15H2,1-2H3,(H,23,24)/t16-/m1/s1. The molecule has 1 N–H and O–H groups in total. The molecule has 0 spiro atoms. The number of likely N-dealkylation sites (tertiary alicyclic amines) is 1.